The van der Waals surface area contributed by atoms with Crippen molar-refractivity contribution < 1.29 is 28.7 Å². The maximum absolute atomic E-state index is 12.4. The molecule has 8 heteroatoms. The average Bonchev–Trinajstić information content (AvgIpc) is 3.17. The molecule has 0 saturated carbocycles. The highest BCUT2D eigenvalue weighted by atomic mass is 16.5. The molecule has 1 aliphatic heterocycles. The molecule has 1 fully saturated rings. The normalized spacial score (nSPS) is 15.3. The monoisotopic (exact) mass is 452 g/mol. The van der Waals surface area contributed by atoms with Crippen LogP contribution >= 0.6 is 0 Å². The fourth-order valence-electron chi connectivity index (χ4n) is 3.67. The molecule has 2 amide bonds. The number of ether oxygens (including phenoxy) is 2. The van der Waals surface area contributed by atoms with Gasteiger partial charge in [0.05, 0.1) is 18.1 Å². The first-order chi connectivity index (χ1) is 15.8. The SMILES string of the molecule is CCCOC(=O)c1ccc(N2C[C@H](C(=O)OCC(=O)Nc3cc(C)cc(C)c3)CC2=O)cc1. The lowest BCUT2D eigenvalue weighted by atomic mass is 10.1. The van der Waals surface area contributed by atoms with Gasteiger partial charge in [-0.15, -0.1) is 0 Å². The summed E-state index contributed by atoms with van der Waals surface area (Å²) in [6, 6.07) is 12.1. The van der Waals surface area contributed by atoms with E-state index in [2.05, 4.69) is 5.32 Å². The molecule has 0 radical (unpaired) electrons. The topological polar surface area (TPSA) is 102 Å². The van der Waals surface area contributed by atoms with Gasteiger partial charge in [0.25, 0.3) is 5.91 Å². The van der Waals surface area contributed by atoms with Crippen LogP contribution in [-0.4, -0.2) is 43.5 Å². The lowest BCUT2D eigenvalue weighted by molar-refractivity contribution is -0.151. The molecule has 174 valence electrons. The number of esters is 2. The summed E-state index contributed by atoms with van der Waals surface area (Å²) in [5.74, 6) is -2.35. The van der Waals surface area contributed by atoms with Crippen LogP contribution in [-0.2, 0) is 23.9 Å². The number of aryl methyl sites for hydroxylation is 2. The third-order valence-corrected chi connectivity index (χ3v) is 5.16. The second kappa shape index (κ2) is 10.8. The number of nitrogens with one attached hydrogen (secondary N) is 1. The Kier molecular flexibility index (Phi) is 7.82. The van der Waals surface area contributed by atoms with Gasteiger partial charge in [0.1, 0.15) is 0 Å². The predicted molar refractivity (Wildman–Crippen MR) is 123 cm³/mol. The van der Waals surface area contributed by atoms with Crippen LogP contribution in [0.5, 0.6) is 0 Å². The van der Waals surface area contributed by atoms with Crippen molar-refractivity contribution in [3.63, 3.8) is 0 Å². The Bertz CT molecular complexity index is 1030. The predicted octanol–water partition coefficient (Wildman–Crippen LogP) is 3.41. The highest BCUT2D eigenvalue weighted by Gasteiger charge is 2.36. The molecule has 1 aliphatic rings. The minimum absolute atomic E-state index is 0.00216. The van der Waals surface area contributed by atoms with E-state index in [1.54, 1.807) is 24.3 Å². The van der Waals surface area contributed by atoms with Crippen LogP contribution in [0.4, 0.5) is 11.4 Å². The molecule has 2 aromatic carbocycles. The van der Waals surface area contributed by atoms with Crippen LogP contribution in [0.25, 0.3) is 0 Å². The Morgan fingerprint density at radius 2 is 1.70 bits per heavy atom. The Morgan fingerprint density at radius 1 is 1.03 bits per heavy atom. The molecule has 0 bridgehead atoms. The molecule has 0 aliphatic carbocycles. The molecular formula is C25H28N2O6. The Balaban J connectivity index is 1.52. The maximum atomic E-state index is 12.4. The molecule has 33 heavy (non-hydrogen) atoms. The van der Waals surface area contributed by atoms with Crippen LogP contribution < -0.4 is 10.2 Å². The highest BCUT2D eigenvalue weighted by molar-refractivity contribution is 6.00. The average molecular weight is 453 g/mol. The van der Waals surface area contributed by atoms with Crippen LogP contribution in [0.15, 0.2) is 42.5 Å². The number of carbonyl (C=O) groups is 4. The van der Waals surface area contributed by atoms with E-state index in [4.69, 9.17) is 9.47 Å². The van der Waals surface area contributed by atoms with Gasteiger partial charge in [-0.1, -0.05) is 13.0 Å². The quantitative estimate of drug-likeness (QED) is 0.616. The molecule has 3 rings (SSSR count). The van der Waals surface area contributed by atoms with Gasteiger partial charge >= 0.3 is 11.9 Å². The standard InChI is InChI=1S/C25H28N2O6/c1-4-9-32-24(30)18-5-7-21(8-6-18)27-14-19(13-23(27)29)25(31)33-15-22(28)26-20-11-16(2)10-17(3)12-20/h5-8,10-12,19H,4,9,13-15H2,1-3H3,(H,26,28)/t19-/m1/s1. The van der Waals surface area contributed by atoms with Crippen LogP contribution in [0, 0.1) is 19.8 Å². The number of hydrogen-bond donors (Lipinski definition) is 1. The largest absolute Gasteiger partial charge is 0.462 e. The summed E-state index contributed by atoms with van der Waals surface area (Å²) in [5, 5.41) is 2.71. The smallest absolute Gasteiger partial charge is 0.338 e. The van der Waals surface area contributed by atoms with Crippen LogP contribution in [0.3, 0.4) is 0 Å². The molecule has 1 heterocycles. The van der Waals surface area contributed by atoms with E-state index in [9.17, 15) is 19.2 Å². The second-order valence-corrected chi connectivity index (χ2v) is 8.12. The van der Waals surface area contributed by atoms with Crippen molar-refractivity contribution >= 4 is 35.1 Å². The summed E-state index contributed by atoms with van der Waals surface area (Å²) < 4.78 is 10.2. The number of benzene rings is 2. The lowest BCUT2D eigenvalue weighted by Gasteiger charge is -2.17. The first-order valence-electron chi connectivity index (χ1n) is 10.9. The van der Waals surface area contributed by atoms with Crippen molar-refractivity contribution in [2.45, 2.75) is 33.6 Å². The molecule has 1 atom stereocenters. The van der Waals surface area contributed by atoms with E-state index >= 15 is 0 Å². The van der Waals surface area contributed by atoms with Crippen molar-refractivity contribution in [1.82, 2.24) is 0 Å². The van der Waals surface area contributed by atoms with E-state index in [1.165, 1.54) is 4.90 Å². The molecule has 0 spiro atoms. The summed E-state index contributed by atoms with van der Waals surface area (Å²) in [5.41, 5.74) is 3.63. The summed E-state index contributed by atoms with van der Waals surface area (Å²) in [6.45, 7) is 5.83. The first kappa shape index (κ1) is 24.0. The van der Waals surface area contributed by atoms with Gasteiger partial charge in [-0.3, -0.25) is 14.4 Å². The van der Waals surface area contributed by atoms with E-state index in [0.29, 0.717) is 23.5 Å². The van der Waals surface area contributed by atoms with E-state index in [1.807, 2.05) is 39.0 Å². The zero-order chi connectivity index (χ0) is 24.0. The minimum Gasteiger partial charge on any atom is -0.462 e. The minimum atomic E-state index is -0.666. The van der Waals surface area contributed by atoms with Gasteiger partial charge < -0.3 is 19.7 Å². The molecule has 2 aromatic rings. The molecular weight excluding hydrogens is 424 g/mol. The van der Waals surface area contributed by atoms with Gasteiger partial charge in [-0.05, 0) is 67.8 Å². The van der Waals surface area contributed by atoms with Crippen LogP contribution in [0.2, 0.25) is 0 Å². The number of amides is 2. The van der Waals surface area contributed by atoms with Crippen molar-refractivity contribution in [3.05, 3.63) is 59.2 Å². The van der Waals surface area contributed by atoms with Gasteiger partial charge in [0.2, 0.25) is 5.91 Å². The van der Waals surface area contributed by atoms with E-state index < -0.39 is 30.4 Å². The molecule has 1 N–H and O–H groups in total. The molecule has 0 aromatic heterocycles. The fourth-order valence-corrected chi connectivity index (χ4v) is 3.67. The van der Waals surface area contributed by atoms with Gasteiger partial charge in [0.15, 0.2) is 6.61 Å². The third-order valence-electron chi connectivity index (χ3n) is 5.16. The van der Waals surface area contributed by atoms with Crippen molar-refractivity contribution in [2.24, 2.45) is 5.92 Å². The number of anilines is 2. The number of hydrogen-bond acceptors (Lipinski definition) is 6. The van der Waals surface area contributed by atoms with E-state index in [-0.39, 0.29) is 18.9 Å². The maximum Gasteiger partial charge on any atom is 0.338 e. The van der Waals surface area contributed by atoms with Gasteiger partial charge in [-0.25, -0.2) is 4.79 Å². The Labute approximate surface area is 192 Å². The highest BCUT2D eigenvalue weighted by Crippen LogP contribution is 2.26. The molecule has 8 nitrogen and oxygen atoms in total. The second-order valence-electron chi connectivity index (χ2n) is 8.12. The van der Waals surface area contributed by atoms with Crippen molar-refractivity contribution in [3.8, 4) is 0 Å². The molecule has 0 unspecified atom stereocenters. The number of rotatable bonds is 8. The Hall–Kier alpha value is -3.68. The first-order valence-corrected chi connectivity index (χ1v) is 10.9. The van der Waals surface area contributed by atoms with Crippen molar-refractivity contribution in [2.75, 3.05) is 30.0 Å². The van der Waals surface area contributed by atoms with E-state index in [0.717, 1.165) is 17.5 Å². The number of nitrogens with zero attached hydrogens (tertiary/aromatic N) is 1. The van der Waals surface area contributed by atoms with Crippen molar-refractivity contribution in [1.29, 1.82) is 0 Å². The van der Waals surface area contributed by atoms with Gasteiger partial charge in [-0.2, -0.15) is 0 Å². The zero-order valence-corrected chi connectivity index (χ0v) is 19.1. The summed E-state index contributed by atoms with van der Waals surface area (Å²) in [4.78, 5) is 50.4. The number of carbonyl (C=O) groups excluding carboxylic acids is 4. The third kappa shape index (κ3) is 6.41. The summed E-state index contributed by atoms with van der Waals surface area (Å²) in [6.07, 6.45) is 0.731. The summed E-state index contributed by atoms with van der Waals surface area (Å²) in [7, 11) is 0. The lowest BCUT2D eigenvalue weighted by Crippen LogP contribution is -2.28. The molecule has 1 saturated heterocycles. The Morgan fingerprint density at radius 3 is 2.33 bits per heavy atom. The van der Waals surface area contributed by atoms with Gasteiger partial charge in [0, 0.05) is 24.3 Å². The fraction of sp³-hybridized carbons (Fsp3) is 0.360. The van der Waals surface area contributed by atoms with Crippen LogP contribution in [0.1, 0.15) is 41.3 Å². The summed E-state index contributed by atoms with van der Waals surface area (Å²) >= 11 is 0. The zero-order valence-electron chi connectivity index (χ0n) is 19.1.